The monoisotopic (exact) mass is 721 g/mol. The lowest BCUT2D eigenvalue weighted by Gasteiger charge is -2.49. The molecule has 0 unspecified atom stereocenters. The maximum atomic E-state index is 3.15. The highest BCUT2D eigenvalue weighted by molar-refractivity contribution is 8.07. The predicted molar refractivity (Wildman–Crippen MR) is 235 cm³/mol. The maximum Gasteiger partial charge on any atom is 0.220 e. The van der Waals surface area contributed by atoms with Gasteiger partial charge in [0.05, 0.1) is 0 Å². The van der Waals surface area contributed by atoms with Crippen molar-refractivity contribution >= 4 is 41.7 Å². The second-order valence-electron chi connectivity index (χ2n) is 14.2. The number of rotatable bonds is 14. The number of aryl methyl sites for hydroxylation is 1. The number of nitrogens with zero attached hydrogens (tertiary/aromatic N) is 1. The van der Waals surface area contributed by atoms with E-state index >= 15 is 0 Å². The summed E-state index contributed by atoms with van der Waals surface area (Å²) in [5.74, 6) is 0.809. The van der Waals surface area contributed by atoms with Gasteiger partial charge in [-0.05, 0) is 125 Å². The minimum absolute atomic E-state index is 0.0985. The van der Waals surface area contributed by atoms with Crippen LogP contribution in [0.4, 0.5) is 5.69 Å². The molecule has 5 aromatic carbocycles. The molecule has 1 fully saturated rings. The minimum atomic E-state index is -2.60. The van der Waals surface area contributed by atoms with E-state index in [2.05, 4.69) is 214 Å². The molecule has 0 spiro atoms. The van der Waals surface area contributed by atoms with Crippen molar-refractivity contribution in [3.05, 3.63) is 188 Å². The number of hydrogen-bond donors (Lipinski definition) is 0. The van der Waals surface area contributed by atoms with Crippen LogP contribution in [0.25, 0.3) is 0 Å². The van der Waals surface area contributed by atoms with Gasteiger partial charge in [0.15, 0.2) is 0 Å². The smallest absolute Gasteiger partial charge is 0.114 e. The van der Waals surface area contributed by atoms with Gasteiger partial charge in [0, 0.05) is 0 Å². The van der Waals surface area contributed by atoms with Crippen molar-refractivity contribution in [3.63, 3.8) is 0 Å². The number of allylic oxidation sites excluding steroid dienone is 6. The molecule has 6 rings (SSSR count). The Morgan fingerprint density at radius 1 is 0.577 bits per heavy atom. The van der Waals surface area contributed by atoms with Gasteiger partial charge in [0.25, 0.3) is 0 Å². The molecular weight excluding hydrogens is 664 g/mol. The Labute approximate surface area is 316 Å². The Hall–Kier alpha value is -4.02. The molecule has 0 aromatic heterocycles. The molecule has 3 heteroatoms. The average molecular weight is 722 g/mol. The summed E-state index contributed by atoms with van der Waals surface area (Å²) in [6, 6.07) is 56.0. The second kappa shape index (κ2) is 18.1. The standard InChI is InChI=1S/C49H57NP2/c1-5-8-13-27-43(25-7-3)51(44-28-14-9-15-29-44,45-30-16-10-17-31-45)50(49-36-23-22-26-41(49)4)52(46-32-18-11-19-33-46,47-34-20-12-21-35-47)48-39-37-42(24-6-2)38-40-48/h5,7-23,25-36,42-43,48H,6,24,37-40H2,1-4H3/q+2/b8-5-,25-7-,27-13-/t42?,43-,48?/m0/s1. The van der Waals surface area contributed by atoms with Crippen molar-refractivity contribution in [1.29, 1.82) is 0 Å². The summed E-state index contributed by atoms with van der Waals surface area (Å²) in [4.78, 5) is 0. The van der Waals surface area contributed by atoms with Crippen LogP contribution in [0.3, 0.4) is 0 Å². The van der Waals surface area contributed by atoms with Crippen molar-refractivity contribution in [2.45, 2.75) is 77.5 Å². The molecule has 1 atom stereocenters. The van der Waals surface area contributed by atoms with Crippen LogP contribution in [0.2, 0.25) is 0 Å². The quantitative estimate of drug-likeness (QED) is 0.0627. The van der Waals surface area contributed by atoms with Gasteiger partial charge in [-0.1, -0.05) is 135 Å². The van der Waals surface area contributed by atoms with E-state index in [1.54, 1.807) is 0 Å². The Bertz CT molecular complexity index is 1810. The number of benzene rings is 5. The number of para-hydroxylation sites is 1. The van der Waals surface area contributed by atoms with Gasteiger partial charge in [0.1, 0.15) is 38.2 Å². The van der Waals surface area contributed by atoms with E-state index in [1.807, 2.05) is 0 Å². The van der Waals surface area contributed by atoms with Crippen molar-refractivity contribution in [1.82, 2.24) is 0 Å². The fourth-order valence-corrected chi connectivity index (χ4v) is 21.6. The maximum absolute atomic E-state index is 3.15. The Morgan fingerprint density at radius 3 is 1.52 bits per heavy atom. The highest BCUT2D eigenvalue weighted by Gasteiger charge is 2.70. The molecule has 0 bridgehead atoms. The van der Waals surface area contributed by atoms with Gasteiger partial charge in [-0.3, -0.25) is 0 Å². The van der Waals surface area contributed by atoms with E-state index < -0.39 is 14.8 Å². The third-order valence-electron chi connectivity index (χ3n) is 11.0. The molecule has 1 aliphatic carbocycles. The van der Waals surface area contributed by atoms with Crippen molar-refractivity contribution in [2.24, 2.45) is 5.92 Å². The van der Waals surface area contributed by atoms with Crippen LogP contribution in [0.1, 0.15) is 64.9 Å². The van der Waals surface area contributed by atoms with E-state index in [0.29, 0.717) is 5.66 Å². The molecule has 0 radical (unpaired) electrons. The highest BCUT2D eigenvalue weighted by atomic mass is 31.2. The molecule has 0 heterocycles. The Balaban J connectivity index is 1.87. The number of anilines is 1. The molecule has 0 N–H and O–H groups in total. The second-order valence-corrected chi connectivity index (χ2v) is 21.4. The lowest BCUT2D eigenvalue weighted by atomic mass is 9.86. The molecule has 52 heavy (non-hydrogen) atoms. The molecular formula is C49H57NP2+2. The summed E-state index contributed by atoms with van der Waals surface area (Å²) >= 11 is 0. The van der Waals surface area contributed by atoms with Crippen LogP contribution in [-0.4, -0.2) is 11.3 Å². The van der Waals surface area contributed by atoms with Crippen LogP contribution in [0.5, 0.6) is 0 Å². The first kappa shape index (κ1) is 37.7. The summed E-state index contributed by atoms with van der Waals surface area (Å²) < 4.78 is 3.15. The first-order valence-corrected chi connectivity index (χ1v) is 23.0. The van der Waals surface area contributed by atoms with Crippen LogP contribution >= 0.6 is 14.8 Å². The average Bonchev–Trinajstić information content (AvgIpc) is 3.20. The summed E-state index contributed by atoms with van der Waals surface area (Å²) in [6.07, 6.45) is 21.6. The van der Waals surface area contributed by atoms with Crippen LogP contribution in [0, 0.1) is 12.8 Å². The van der Waals surface area contributed by atoms with Crippen LogP contribution in [-0.2, 0) is 0 Å². The first-order valence-electron chi connectivity index (χ1n) is 19.4. The highest BCUT2D eigenvalue weighted by Crippen LogP contribution is 2.82. The molecule has 266 valence electrons. The topological polar surface area (TPSA) is 3.24 Å². The Morgan fingerprint density at radius 2 is 1.06 bits per heavy atom. The van der Waals surface area contributed by atoms with Crippen molar-refractivity contribution < 1.29 is 0 Å². The molecule has 1 saturated carbocycles. The minimum Gasteiger partial charge on any atom is -0.114 e. The summed E-state index contributed by atoms with van der Waals surface area (Å²) in [6.45, 7) is 9.02. The fourth-order valence-electron chi connectivity index (χ4n) is 8.77. The number of hydrogen-bond acceptors (Lipinski definition) is 1. The summed E-state index contributed by atoms with van der Waals surface area (Å²) in [7, 11) is -5.05. The summed E-state index contributed by atoms with van der Waals surface area (Å²) in [5.41, 5.74) is 3.27. The van der Waals surface area contributed by atoms with Crippen LogP contribution in [0.15, 0.2) is 182 Å². The molecule has 5 aromatic rings. The third-order valence-corrected chi connectivity index (χ3v) is 21.4. The van der Waals surface area contributed by atoms with Gasteiger partial charge in [-0.2, -0.15) is 0 Å². The predicted octanol–water partition coefficient (Wildman–Crippen LogP) is 12.4. The van der Waals surface area contributed by atoms with Gasteiger partial charge in [0.2, 0.25) is 14.8 Å². The molecule has 1 aliphatic rings. The molecule has 1 nitrogen and oxygen atoms in total. The van der Waals surface area contributed by atoms with E-state index in [9.17, 15) is 0 Å². The first-order chi connectivity index (χ1) is 25.6. The van der Waals surface area contributed by atoms with Crippen molar-refractivity contribution in [2.75, 3.05) is 4.44 Å². The van der Waals surface area contributed by atoms with E-state index in [1.165, 1.54) is 71.0 Å². The third kappa shape index (κ3) is 7.42. The van der Waals surface area contributed by atoms with Crippen molar-refractivity contribution in [3.8, 4) is 0 Å². The largest absolute Gasteiger partial charge is 0.220 e. The SMILES string of the molecule is C/C=C\C=C/[C@H](/C=C\C)[P+](c1ccccc1)(c1ccccc1)N(c1ccccc1C)[P+](c1ccccc1)(c1ccccc1)C1CCC(CCC)CC1. The van der Waals surface area contributed by atoms with Gasteiger partial charge in [-0.25, -0.2) is 0 Å². The zero-order valence-corrected chi connectivity index (χ0v) is 33.4. The zero-order valence-electron chi connectivity index (χ0n) is 31.6. The lowest BCUT2D eigenvalue weighted by molar-refractivity contribution is 0.340. The van der Waals surface area contributed by atoms with E-state index in [4.69, 9.17) is 0 Å². The summed E-state index contributed by atoms with van der Waals surface area (Å²) in [5, 5.41) is 5.79. The van der Waals surface area contributed by atoms with Gasteiger partial charge < -0.3 is 0 Å². The lowest BCUT2D eigenvalue weighted by Crippen LogP contribution is -2.51. The fraction of sp³-hybridized carbons (Fsp3) is 0.265. The normalized spacial score (nSPS) is 17.5. The van der Waals surface area contributed by atoms with Crippen LogP contribution < -0.4 is 25.7 Å². The zero-order chi connectivity index (χ0) is 36.2. The van der Waals surface area contributed by atoms with Gasteiger partial charge in [-0.15, -0.1) is 4.44 Å². The molecule has 0 aliphatic heterocycles. The van der Waals surface area contributed by atoms with E-state index in [0.717, 1.165) is 5.92 Å². The van der Waals surface area contributed by atoms with Gasteiger partial charge >= 0.3 is 0 Å². The molecule has 0 saturated heterocycles. The molecule has 0 amide bonds. The van der Waals surface area contributed by atoms with E-state index in [-0.39, 0.29) is 5.66 Å². The Kier molecular flexibility index (Phi) is 13.2.